The largest absolute Gasteiger partial charge is 0.480 e. The molecular weight excluding hydrogens is 457 g/mol. The third-order valence-electron chi connectivity index (χ3n) is 6.42. The molecule has 0 aromatic heterocycles. The van der Waals surface area contributed by atoms with Gasteiger partial charge in [-0.25, -0.2) is 14.0 Å². The van der Waals surface area contributed by atoms with Crippen LogP contribution in [0.1, 0.15) is 28.7 Å². The molecule has 1 saturated heterocycles. The fourth-order valence-corrected chi connectivity index (χ4v) is 6.38. The summed E-state index contributed by atoms with van der Waals surface area (Å²) >= 11 is 0. The van der Waals surface area contributed by atoms with E-state index in [1.54, 1.807) is 6.07 Å². The molecule has 1 aliphatic heterocycles. The number of ether oxygens (including phenoxy) is 1. The minimum Gasteiger partial charge on any atom is -0.480 e. The van der Waals surface area contributed by atoms with E-state index in [1.807, 2.05) is 48.5 Å². The van der Waals surface area contributed by atoms with Crippen LogP contribution in [0.3, 0.4) is 0 Å². The van der Waals surface area contributed by atoms with E-state index < -0.39 is 40.8 Å². The Labute approximate surface area is 198 Å². The first-order chi connectivity index (χ1) is 16.4. The van der Waals surface area contributed by atoms with E-state index in [-0.39, 0.29) is 24.0 Å². The molecule has 1 fully saturated rings. The predicted octanol–water partition coefficient (Wildman–Crippen LogP) is 4.33. The van der Waals surface area contributed by atoms with Crippen LogP contribution in [0, 0.1) is 5.82 Å². The van der Waals surface area contributed by atoms with Crippen molar-refractivity contribution in [1.82, 2.24) is 4.90 Å². The number of nitrogens with zero attached hydrogens (tertiary/aromatic N) is 1. The Bertz CT molecular complexity index is 1250. The van der Waals surface area contributed by atoms with Crippen LogP contribution in [0.4, 0.5) is 9.18 Å². The molecule has 6 nitrogen and oxygen atoms in total. The van der Waals surface area contributed by atoms with Gasteiger partial charge in [0, 0.05) is 22.5 Å². The van der Waals surface area contributed by atoms with E-state index in [2.05, 4.69) is 0 Å². The van der Waals surface area contributed by atoms with Crippen LogP contribution in [0.15, 0.2) is 72.8 Å². The Balaban J connectivity index is 1.44. The van der Waals surface area contributed by atoms with Crippen molar-refractivity contribution in [2.45, 2.75) is 18.0 Å². The normalized spacial score (nSPS) is 21.6. The van der Waals surface area contributed by atoms with Crippen molar-refractivity contribution in [3.8, 4) is 11.1 Å². The average Bonchev–Trinajstić information content (AvgIpc) is 3.15. The Morgan fingerprint density at radius 2 is 1.62 bits per heavy atom. The summed E-state index contributed by atoms with van der Waals surface area (Å²) in [5, 5.41) is 9.78. The number of fused-ring (bicyclic) bond motifs is 3. The van der Waals surface area contributed by atoms with Crippen molar-refractivity contribution in [3.05, 3.63) is 95.3 Å². The quantitative estimate of drug-likeness (QED) is 0.602. The number of amides is 1. The van der Waals surface area contributed by atoms with Crippen LogP contribution in [0.2, 0.25) is 0 Å². The molecule has 0 bridgehead atoms. The highest BCUT2D eigenvalue weighted by Gasteiger charge is 2.43. The van der Waals surface area contributed by atoms with Gasteiger partial charge >= 0.3 is 12.1 Å². The summed E-state index contributed by atoms with van der Waals surface area (Å²) in [5.41, 5.74) is 4.61. The number of carboxylic acids is 1. The molecule has 174 valence electrons. The highest BCUT2D eigenvalue weighted by molar-refractivity contribution is 7.85. The minimum absolute atomic E-state index is 0.0113. The molecular formula is C26H22FNO5S. The van der Waals surface area contributed by atoms with Gasteiger partial charge in [0.15, 0.2) is 0 Å². The molecule has 3 atom stereocenters. The smallest absolute Gasteiger partial charge is 0.411 e. The second-order valence-corrected chi connectivity index (χ2v) is 9.96. The summed E-state index contributed by atoms with van der Waals surface area (Å²) in [6.07, 6.45) is -0.819. The van der Waals surface area contributed by atoms with Gasteiger partial charge < -0.3 is 9.84 Å². The number of carboxylic acid groups (broad SMARTS) is 1. The molecule has 3 aromatic rings. The highest BCUT2D eigenvalue weighted by Crippen LogP contribution is 2.44. The topological polar surface area (TPSA) is 83.9 Å². The van der Waals surface area contributed by atoms with Gasteiger partial charge in [0.2, 0.25) is 0 Å². The highest BCUT2D eigenvalue weighted by atomic mass is 32.2. The number of carbonyl (C=O) groups is 2. The summed E-state index contributed by atoms with van der Waals surface area (Å²) in [4.78, 5) is 26.4. The number of hydrogen-bond acceptors (Lipinski definition) is 4. The first-order valence-electron chi connectivity index (χ1n) is 10.9. The zero-order chi connectivity index (χ0) is 23.8. The van der Waals surface area contributed by atoms with Crippen molar-refractivity contribution >= 4 is 22.9 Å². The second-order valence-electron chi connectivity index (χ2n) is 8.41. The van der Waals surface area contributed by atoms with E-state index in [0.717, 1.165) is 27.2 Å². The van der Waals surface area contributed by atoms with E-state index in [0.29, 0.717) is 5.56 Å². The molecule has 2 aliphatic rings. The van der Waals surface area contributed by atoms with Crippen molar-refractivity contribution < 1.29 is 28.0 Å². The molecule has 1 N–H and O–H groups in total. The molecule has 0 radical (unpaired) electrons. The standard InChI is InChI=1S/C26H22FNO5S/c27-17-7-5-6-16(12-17)23-14-34(32)15-24(25(29)30)28(23)26(31)33-13-22-20-10-3-1-8-18(20)19-9-2-4-11-21(19)22/h1-12,22-24H,13-15H2,(H,29,30). The molecule has 0 saturated carbocycles. The first kappa shape index (κ1) is 22.3. The molecule has 3 aromatic carbocycles. The number of benzene rings is 3. The fourth-order valence-electron chi connectivity index (χ4n) is 4.88. The van der Waals surface area contributed by atoms with Crippen molar-refractivity contribution in [1.29, 1.82) is 0 Å². The Hall–Kier alpha value is -3.52. The lowest BCUT2D eigenvalue weighted by atomic mass is 9.98. The van der Waals surface area contributed by atoms with Crippen LogP contribution in [-0.2, 0) is 20.3 Å². The van der Waals surface area contributed by atoms with Gasteiger partial charge in [-0.2, -0.15) is 0 Å². The molecule has 1 aliphatic carbocycles. The Morgan fingerprint density at radius 3 is 2.24 bits per heavy atom. The summed E-state index contributed by atoms with van der Waals surface area (Å²) in [6.45, 7) is 0.0225. The third-order valence-corrected chi connectivity index (χ3v) is 7.80. The average molecular weight is 480 g/mol. The monoisotopic (exact) mass is 479 g/mol. The number of hydrogen-bond donors (Lipinski definition) is 1. The van der Waals surface area contributed by atoms with Crippen LogP contribution < -0.4 is 0 Å². The SMILES string of the molecule is O=C(O)C1CS(=O)CC(c2cccc(F)c2)N1C(=O)OCC1c2ccccc2-c2ccccc21. The minimum atomic E-state index is -1.48. The number of rotatable bonds is 4. The maximum atomic E-state index is 13.9. The summed E-state index contributed by atoms with van der Waals surface area (Å²) in [5.74, 6) is -2.18. The van der Waals surface area contributed by atoms with Gasteiger partial charge in [-0.15, -0.1) is 0 Å². The first-order valence-corrected chi connectivity index (χ1v) is 12.4. The Morgan fingerprint density at radius 1 is 0.971 bits per heavy atom. The lowest BCUT2D eigenvalue weighted by molar-refractivity contribution is -0.142. The second kappa shape index (κ2) is 9.02. The molecule has 0 spiro atoms. The van der Waals surface area contributed by atoms with E-state index in [4.69, 9.17) is 4.74 Å². The molecule has 5 rings (SSSR count). The number of carbonyl (C=O) groups excluding carboxylic acids is 1. The molecule has 3 unspecified atom stereocenters. The molecule has 34 heavy (non-hydrogen) atoms. The maximum absolute atomic E-state index is 13.9. The van der Waals surface area contributed by atoms with Gasteiger partial charge in [-0.1, -0.05) is 60.7 Å². The molecule has 1 amide bonds. The maximum Gasteiger partial charge on any atom is 0.411 e. The predicted molar refractivity (Wildman–Crippen MR) is 125 cm³/mol. The summed E-state index contributed by atoms with van der Waals surface area (Å²) < 4.78 is 32.0. The lowest BCUT2D eigenvalue weighted by Crippen LogP contribution is -2.55. The van der Waals surface area contributed by atoms with Crippen molar-refractivity contribution in [2.75, 3.05) is 18.1 Å². The van der Waals surface area contributed by atoms with Gasteiger partial charge in [-0.3, -0.25) is 9.11 Å². The lowest BCUT2D eigenvalue weighted by Gasteiger charge is -2.39. The van der Waals surface area contributed by atoms with Gasteiger partial charge in [-0.05, 0) is 39.9 Å². The Kier molecular flexibility index (Phi) is 5.91. The number of halogens is 1. The third kappa shape index (κ3) is 3.98. The number of aliphatic carboxylic acids is 1. The van der Waals surface area contributed by atoms with E-state index in [1.165, 1.54) is 18.2 Å². The van der Waals surface area contributed by atoms with Crippen LogP contribution >= 0.6 is 0 Å². The zero-order valence-electron chi connectivity index (χ0n) is 18.1. The van der Waals surface area contributed by atoms with Crippen molar-refractivity contribution in [3.63, 3.8) is 0 Å². The zero-order valence-corrected chi connectivity index (χ0v) is 18.9. The van der Waals surface area contributed by atoms with Gasteiger partial charge in [0.1, 0.15) is 18.5 Å². The van der Waals surface area contributed by atoms with E-state index >= 15 is 0 Å². The van der Waals surface area contributed by atoms with Crippen LogP contribution in [0.5, 0.6) is 0 Å². The molecule has 8 heteroatoms. The van der Waals surface area contributed by atoms with Crippen molar-refractivity contribution in [2.24, 2.45) is 0 Å². The van der Waals surface area contributed by atoms with E-state index in [9.17, 15) is 23.3 Å². The van der Waals surface area contributed by atoms with Crippen LogP contribution in [0.25, 0.3) is 11.1 Å². The summed E-state index contributed by atoms with van der Waals surface area (Å²) in [6, 6.07) is 19.2. The molecule has 1 heterocycles. The summed E-state index contributed by atoms with van der Waals surface area (Å²) in [7, 11) is -1.48. The van der Waals surface area contributed by atoms with Gasteiger partial charge in [0.05, 0.1) is 11.8 Å². The fraction of sp³-hybridized carbons (Fsp3) is 0.231. The van der Waals surface area contributed by atoms with Crippen LogP contribution in [-0.4, -0.2) is 50.4 Å². The van der Waals surface area contributed by atoms with Gasteiger partial charge in [0.25, 0.3) is 0 Å².